The normalized spacial score (nSPS) is 16.9. The molecule has 1 unspecified atom stereocenters. The summed E-state index contributed by atoms with van der Waals surface area (Å²) < 4.78 is 0. The fraction of sp³-hybridized carbons (Fsp3) is 0.818. The van der Waals surface area contributed by atoms with E-state index in [1.807, 2.05) is 6.26 Å². The van der Waals surface area contributed by atoms with Crippen molar-refractivity contribution in [1.29, 1.82) is 0 Å². The van der Waals surface area contributed by atoms with Crippen LogP contribution in [0.15, 0.2) is 0 Å². The summed E-state index contributed by atoms with van der Waals surface area (Å²) in [5, 5.41) is 8.85. The molecule has 1 N–H and O–H groups in total. The average Bonchev–Trinajstić information content (AvgIpc) is 3.05. The van der Waals surface area contributed by atoms with Crippen molar-refractivity contribution in [2.45, 2.75) is 32.2 Å². The summed E-state index contributed by atoms with van der Waals surface area (Å²) in [4.78, 5) is 24.4. The summed E-state index contributed by atoms with van der Waals surface area (Å²) in [5.74, 6) is -0.393. The van der Waals surface area contributed by atoms with Crippen LogP contribution in [0.4, 0.5) is 0 Å². The van der Waals surface area contributed by atoms with Gasteiger partial charge in [0.05, 0.1) is 5.92 Å². The highest BCUT2D eigenvalue weighted by molar-refractivity contribution is 7.98. The minimum absolute atomic E-state index is 0.102. The van der Waals surface area contributed by atoms with E-state index in [1.54, 1.807) is 23.6 Å². The molecule has 1 rings (SSSR count). The lowest BCUT2D eigenvalue weighted by atomic mass is 10.1. The Morgan fingerprint density at radius 2 is 2.12 bits per heavy atom. The van der Waals surface area contributed by atoms with E-state index in [0.29, 0.717) is 19.0 Å². The lowest BCUT2D eigenvalue weighted by Crippen LogP contribution is -2.38. The Balaban J connectivity index is 2.47. The predicted molar refractivity (Wildman–Crippen MR) is 64.5 cm³/mol. The van der Waals surface area contributed by atoms with E-state index in [2.05, 4.69) is 0 Å². The maximum Gasteiger partial charge on any atom is 0.308 e. The monoisotopic (exact) mass is 245 g/mol. The molecule has 0 saturated heterocycles. The van der Waals surface area contributed by atoms with Gasteiger partial charge in [-0.15, -0.1) is 0 Å². The number of carbonyl (C=O) groups excluding carboxylic acids is 1. The lowest BCUT2D eigenvalue weighted by Gasteiger charge is -2.24. The predicted octanol–water partition coefficient (Wildman–Crippen LogP) is 1.45. The van der Waals surface area contributed by atoms with E-state index < -0.39 is 11.9 Å². The Bertz CT molecular complexity index is 266. The fourth-order valence-corrected chi connectivity index (χ4v) is 1.93. The molecule has 0 aromatic carbocycles. The number of carbonyl (C=O) groups is 2. The third-order valence-electron chi connectivity index (χ3n) is 2.72. The highest BCUT2D eigenvalue weighted by Crippen LogP contribution is 2.28. The van der Waals surface area contributed by atoms with Gasteiger partial charge in [0.15, 0.2) is 0 Å². The Hall–Kier alpha value is -0.710. The first-order valence-electron chi connectivity index (χ1n) is 5.57. The maximum absolute atomic E-state index is 11.9. The Labute approximate surface area is 100 Å². The number of aliphatic carboxylic acids is 1. The Morgan fingerprint density at radius 1 is 1.50 bits per heavy atom. The highest BCUT2D eigenvalue weighted by atomic mass is 32.2. The van der Waals surface area contributed by atoms with Crippen molar-refractivity contribution in [2.24, 2.45) is 5.92 Å². The van der Waals surface area contributed by atoms with Gasteiger partial charge >= 0.3 is 5.97 Å². The first kappa shape index (κ1) is 13.4. The molecule has 0 spiro atoms. The van der Waals surface area contributed by atoms with Gasteiger partial charge in [0.25, 0.3) is 0 Å². The average molecular weight is 245 g/mol. The van der Waals surface area contributed by atoms with Crippen LogP contribution in [0.25, 0.3) is 0 Å². The van der Waals surface area contributed by atoms with Gasteiger partial charge in [0.2, 0.25) is 5.91 Å². The van der Waals surface area contributed by atoms with Crippen molar-refractivity contribution in [3.05, 3.63) is 0 Å². The van der Waals surface area contributed by atoms with E-state index in [0.717, 1.165) is 18.6 Å². The maximum atomic E-state index is 11.9. The molecule has 1 saturated carbocycles. The summed E-state index contributed by atoms with van der Waals surface area (Å²) >= 11 is 1.64. The molecule has 0 bridgehead atoms. The quantitative estimate of drug-likeness (QED) is 0.737. The van der Waals surface area contributed by atoms with Gasteiger partial charge in [0.1, 0.15) is 0 Å². The Morgan fingerprint density at radius 3 is 2.56 bits per heavy atom. The van der Waals surface area contributed by atoms with Crippen molar-refractivity contribution >= 4 is 23.6 Å². The van der Waals surface area contributed by atoms with Gasteiger partial charge in [-0.25, -0.2) is 0 Å². The van der Waals surface area contributed by atoms with Crippen LogP contribution in [0.5, 0.6) is 0 Å². The second kappa shape index (κ2) is 6.13. The van der Waals surface area contributed by atoms with Crippen molar-refractivity contribution in [1.82, 2.24) is 4.90 Å². The SMILES string of the molecule is CSCCC(=O)N(CC(C)C(=O)O)C1CC1. The molecule has 4 nitrogen and oxygen atoms in total. The first-order valence-corrected chi connectivity index (χ1v) is 6.96. The van der Waals surface area contributed by atoms with Crippen LogP contribution in [-0.2, 0) is 9.59 Å². The molecule has 0 aliphatic heterocycles. The standard InChI is InChI=1S/C11H19NO3S/c1-8(11(14)15)7-12(9-3-4-9)10(13)5-6-16-2/h8-9H,3-7H2,1-2H3,(H,14,15). The zero-order chi connectivity index (χ0) is 12.1. The number of rotatable bonds is 7. The minimum atomic E-state index is -0.830. The minimum Gasteiger partial charge on any atom is -0.481 e. The smallest absolute Gasteiger partial charge is 0.308 e. The number of amides is 1. The van der Waals surface area contributed by atoms with Crippen molar-refractivity contribution in [3.63, 3.8) is 0 Å². The largest absolute Gasteiger partial charge is 0.481 e. The third kappa shape index (κ3) is 4.04. The second-order valence-electron chi connectivity index (χ2n) is 4.26. The molecular weight excluding hydrogens is 226 g/mol. The van der Waals surface area contributed by atoms with Crippen LogP contribution >= 0.6 is 11.8 Å². The molecular formula is C11H19NO3S. The number of nitrogens with zero attached hydrogens (tertiary/aromatic N) is 1. The van der Waals surface area contributed by atoms with Gasteiger partial charge in [-0.1, -0.05) is 6.92 Å². The van der Waals surface area contributed by atoms with Crippen molar-refractivity contribution < 1.29 is 14.7 Å². The summed E-state index contributed by atoms with van der Waals surface area (Å²) in [6.45, 7) is 2.01. The molecule has 0 aromatic rings. The number of hydrogen-bond acceptors (Lipinski definition) is 3. The van der Waals surface area contributed by atoms with Gasteiger partial charge in [0, 0.05) is 24.8 Å². The number of hydrogen-bond donors (Lipinski definition) is 1. The van der Waals surface area contributed by atoms with Crippen molar-refractivity contribution in [2.75, 3.05) is 18.6 Å². The molecule has 1 aliphatic carbocycles. The second-order valence-corrected chi connectivity index (χ2v) is 5.24. The molecule has 16 heavy (non-hydrogen) atoms. The topological polar surface area (TPSA) is 57.6 Å². The van der Waals surface area contributed by atoms with Gasteiger partial charge in [-0.3, -0.25) is 9.59 Å². The first-order chi connectivity index (χ1) is 7.56. The molecule has 0 aromatic heterocycles. The summed E-state index contributed by atoms with van der Waals surface area (Å²) in [6, 6.07) is 0.302. The zero-order valence-corrected chi connectivity index (χ0v) is 10.6. The molecule has 1 fully saturated rings. The zero-order valence-electron chi connectivity index (χ0n) is 9.81. The van der Waals surface area contributed by atoms with Gasteiger partial charge < -0.3 is 10.0 Å². The van der Waals surface area contributed by atoms with E-state index in [9.17, 15) is 9.59 Å². The van der Waals surface area contributed by atoms with Crippen LogP contribution in [0, 0.1) is 5.92 Å². The van der Waals surface area contributed by atoms with E-state index in [1.165, 1.54) is 0 Å². The van der Waals surface area contributed by atoms with E-state index in [4.69, 9.17) is 5.11 Å². The summed E-state index contributed by atoms with van der Waals surface area (Å²) in [7, 11) is 0. The number of carboxylic acid groups (broad SMARTS) is 1. The molecule has 1 amide bonds. The van der Waals surface area contributed by atoms with Crippen LogP contribution < -0.4 is 0 Å². The van der Waals surface area contributed by atoms with Crippen LogP contribution in [-0.4, -0.2) is 46.5 Å². The number of carboxylic acids is 1. The van der Waals surface area contributed by atoms with Crippen LogP contribution in [0.1, 0.15) is 26.2 Å². The van der Waals surface area contributed by atoms with Crippen LogP contribution in [0.3, 0.4) is 0 Å². The molecule has 0 radical (unpaired) electrons. The van der Waals surface area contributed by atoms with E-state index >= 15 is 0 Å². The molecule has 1 aliphatic rings. The van der Waals surface area contributed by atoms with Crippen molar-refractivity contribution in [3.8, 4) is 0 Å². The highest BCUT2D eigenvalue weighted by Gasteiger charge is 2.33. The van der Waals surface area contributed by atoms with Crippen LogP contribution in [0.2, 0.25) is 0 Å². The molecule has 1 atom stereocenters. The summed E-state index contributed by atoms with van der Waals surface area (Å²) in [5.41, 5.74) is 0. The molecule has 0 heterocycles. The van der Waals surface area contributed by atoms with Gasteiger partial charge in [-0.05, 0) is 19.1 Å². The van der Waals surface area contributed by atoms with E-state index in [-0.39, 0.29) is 5.91 Å². The molecule has 92 valence electrons. The number of thioether (sulfide) groups is 1. The lowest BCUT2D eigenvalue weighted by molar-refractivity contribution is -0.143. The summed E-state index contributed by atoms with van der Waals surface area (Å²) in [6.07, 6.45) is 4.54. The molecule has 5 heteroatoms. The third-order valence-corrected chi connectivity index (χ3v) is 3.33. The Kier molecular flexibility index (Phi) is 5.12. The fourth-order valence-electron chi connectivity index (χ4n) is 1.55. The van der Waals surface area contributed by atoms with Gasteiger partial charge in [-0.2, -0.15) is 11.8 Å².